The molecule has 0 aromatic heterocycles. The third-order valence-electron chi connectivity index (χ3n) is 5.21. The van der Waals surface area contributed by atoms with Gasteiger partial charge < -0.3 is 19.7 Å². The second kappa shape index (κ2) is 10.5. The minimum absolute atomic E-state index is 0.149. The van der Waals surface area contributed by atoms with Gasteiger partial charge in [0.2, 0.25) is 10.0 Å². The SMILES string of the molecule is COc1ccc(CCNS(=O)(=O)c2ccc(NC(=O)N3CCCCC3)cc2)cc1OC. The Kier molecular flexibility index (Phi) is 7.75. The van der Waals surface area contributed by atoms with Gasteiger partial charge >= 0.3 is 6.03 Å². The number of urea groups is 1. The Labute approximate surface area is 183 Å². The maximum absolute atomic E-state index is 12.6. The Balaban J connectivity index is 1.55. The molecule has 0 spiro atoms. The maximum Gasteiger partial charge on any atom is 0.321 e. The van der Waals surface area contributed by atoms with Crippen LogP contribution in [0, 0.1) is 0 Å². The highest BCUT2D eigenvalue weighted by Crippen LogP contribution is 2.27. The second-order valence-electron chi connectivity index (χ2n) is 7.34. The largest absolute Gasteiger partial charge is 0.493 e. The first kappa shape index (κ1) is 22.9. The minimum atomic E-state index is -3.65. The number of hydrogen-bond acceptors (Lipinski definition) is 5. The summed E-state index contributed by atoms with van der Waals surface area (Å²) in [4.78, 5) is 14.2. The van der Waals surface area contributed by atoms with Crippen molar-refractivity contribution in [3.05, 3.63) is 48.0 Å². The van der Waals surface area contributed by atoms with E-state index >= 15 is 0 Å². The van der Waals surface area contributed by atoms with Crippen LogP contribution in [0.2, 0.25) is 0 Å². The van der Waals surface area contributed by atoms with Crippen LogP contribution in [-0.4, -0.2) is 53.2 Å². The van der Waals surface area contributed by atoms with E-state index in [0.717, 1.165) is 37.9 Å². The first-order chi connectivity index (χ1) is 14.9. The Morgan fingerprint density at radius 2 is 1.65 bits per heavy atom. The molecule has 2 aromatic rings. The predicted molar refractivity (Wildman–Crippen MR) is 119 cm³/mol. The molecule has 1 saturated heterocycles. The van der Waals surface area contributed by atoms with E-state index in [-0.39, 0.29) is 17.5 Å². The average molecular weight is 448 g/mol. The number of rotatable bonds is 8. The van der Waals surface area contributed by atoms with Gasteiger partial charge in [-0.05, 0) is 67.6 Å². The predicted octanol–water partition coefficient (Wildman–Crippen LogP) is 3.24. The quantitative estimate of drug-likeness (QED) is 0.648. The zero-order valence-corrected chi connectivity index (χ0v) is 18.7. The van der Waals surface area contributed by atoms with Crippen LogP contribution in [0.25, 0.3) is 0 Å². The van der Waals surface area contributed by atoms with E-state index < -0.39 is 10.0 Å². The first-order valence-electron chi connectivity index (χ1n) is 10.3. The standard InChI is InChI=1S/C22H29N3O5S/c1-29-20-11-6-17(16-21(20)30-2)12-13-23-31(27,28)19-9-7-18(8-10-19)24-22(26)25-14-4-3-5-15-25/h6-11,16,23H,3-5,12-15H2,1-2H3,(H,24,26). The molecule has 0 unspecified atom stereocenters. The summed E-state index contributed by atoms with van der Waals surface area (Å²) in [6.07, 6.45) is 3.68. The molecule has 0 atom stereocenters. The number of methoxy groups -OCH3 is 2. The molecule has 2 N–H and O–H groups in total. The summed E-state index contributed by atoms with van der Waals surface area (Å²) in [5, 5.41) is 2.82. The van der Waals surface area contributed by atoms with Gasteiger partial charge in [0.25, 0.3) is 0 Å². The van der Waals surface area contributed by atoms with Crippen LogP contribution in [0.3, 0.4) is 0 Å². The van der Waals surface area contributed by atoms with Crippen molar-refractivity contribution in [1.82, 2.24) is 9.62 Å². The fraction of sp³-hybridized carbons (Fsp3) is 0.409. The number of amides is 2. The molecule has 1 aliphatic rings. The van der Waals surface area contributed by atoms with Crippen molar-refractivity contribution in [2.24, 2.45) is 0 Å². The lowest BCUT2D eigenvalue weighted by Gasteiger charge is -2.26. The summed E-state index contributed by atoms with van der Waals surface area (Å²) < 4.78 is 38.2. The van der Waals surface area contributed by atoms with Crippen LogP contribution in [-0.2, 0) is 16.4 Å². The number of anilines is 1. The van der Waals surface area contributed by atoms with E-state index in [2.05, 4.69) is 10.0 Å². The van der Waals surface area contributed by atoms with Crippen molar-refractivity contribution in [2.75, 3.05) is 39.2 Å². The molecule has 1 aliphatic heterocycles. The molecule has 1 fully saturated rings. The van der Waals surface area contributed by atoms with Gasteiger partial charge in [-0.3, -0.25) is 0 Å². The number of carbonyl (C=O) groups excluding carboxylic acids is 1. The van der Waals surface area contributed by atoms with Crippen molar-refractivity contribution in [1.29, 1.82) is 0 Å². The summed E-state index contributed by atoms with van der Waals surface area (Å²) in [7, 11) is -0.530. The molecule has 0 saturated carbocycles. The fourth-order valence-corrected chi connectivity index (χ4v) is 4.50. The van der Waals surface area contributed by atoms with E-state index in [1.165, 1.54) is 12.1 Å². The molecule has 0 aliphatic carbocycles. The van der Waals surface area contributed by atoms with E-state index in [1.54, 1.807) is 37.3 Å². The summed E-state index contributed by atoms with van der Waals surface area (Å²) in [5.41, 5.74) is 1.50. The topological polar surface area (TPSA) is 97.0 Å². The highest BCUT2D eigenvalue weighted by molar-refractivity contribution is 7.89. The van der Waals surface area contributed by atoms with Crippen molar-refractivity contribution in [2.45, 2.75) is 30.6 Å². The van der Waals surface area contributed by atoms with Crippen molar-refractivity contribution >= 4 is 21.7 Å². The van der Waals surface area contributed by atoms with Gasteiger partial charge in [0.15, 0.2) is 11.5 Å². The lowest BCUT2D eigenvalue weighted by atomic mass is 10.1. The molecule has 0 bridgehead atoms. The summed E-state index contributed by atoms with van der Waals surface area (Å²) in [5.74, 6) is 1.23. The minimum Gasteiger partial charge on any atom is -0.493 e. The number of likely N-dealkylation sites (tertiary alicyclic amines) is 1. The van der Waals surface area contributed by atoms with E-state index in [1.807, 2.05) is 12.1 Å². The molecular weight excluding hydrogens is 418 g/mol. The number of nitrogens with one attached hydrogen (secondary N) is 2. The normalized spacial score (nSPS) is 14.2. The highest BCUT2D eigenvalue weighted by Gasteiger charge is 2.17. The second-order valence-corrected chi connectivity index (χ2v) is 9.11. The fourth-order valence-electron chi connectivity index (χ4n) is 3.47. The van der Waals surface area contributed by atoms with Crippen molar-refractivity contribution in [3.8, 4) is 11.5 Å². The Morgan fingerprint density at radius 3 is 2.29 bits per heavy atom. The monoisotopic (exact) mass is 447 g/mol. The summed E-state index contributed by atoms with van der Waals surface area (Å²) >= 11 is 0. The molecule has 8 nitrogen and oxygen atoms in total. The highest BCUT2D eigenvalue weighted by atomic mass is 32.2. The van der Waals surface area contributed by atoms with Gasteiger partial charge in [-0.1, -0.05) is 6.07 Å². The van der Waals surface area contributed by atoms with Gasteiger partial charge in [0.05, 0.1) is 19.1 Å². The van der Waals surface area contributed by atoms with Gasteiger partial charge in [-0.15, -0.1) is 0 Å². The maximum atomic E-state index is 12.6. The van der Waals surface area contributed by atoms with E-state index in [9.17, 15) is 13.2 Å². The van der Waals surface area contributed by atoms with Crippen LogP contribution in [0.15, 0.2) is 47.4 Å². The third kappa shape index (κ3) is 6.11. The average Bonchev–Trinajstić information content (AvgIpc) is 2.79. The number of piperidine rings is 1. The third-order valence-corrected chi connectivity index (χ3v) is 6.69. The number of carbonyl (C=O) groups is 1. The van der Waals surface area contributed by atoms with Crippen LogP contribution in [0.4, 0.5) is 10.5 Å². The molecule has 2 amide bonds. The summed E-state index contributed by atoms with van der Waals surface area (Å²) in [6, 6.07) is 11.5. The Hall–Kier alpha value is -2.78. The van der Waals surface area contributed by atoms with Crippen LogP contribution < -0.4 is 19.5 Å². The van der Waals surface area contributed by atoms with E-state index in [4.69, 9.17) is 9.47 Å². The van der Waals surface area contributed by atoms with E-state index in [0.29, 0.717) is 23.6 Å². The number of sulfonamides is 1. The van der Waals surface area contributed by atoms with Gasteiger partial charge in [-0.2, -0.15) is 0 Å². The Morgan fingerprint density at radius 1 is 0.968 bits per heavy atom. The molecule has 0 radical (unpaired) electrons. The van der Waals surface area contributed by atoms with Crippen LogP contribution in [0.1, 0.15) is 24.8 Å². The smallest absolute Gasteiger partial charge is 0.321 e. The molecule has 3 rings (SSSR count). The molecule has 2 aromatic carbocycles. The van der Waals surface area contributed by atoms with Crippen molar-refractivity contribution in [3.63, 3.8) is 0 Å². The molecule has 31 heavy (non-hydrogen) atoms. The van der Waals surface area contributed by atoms with Gasteiger partial charge in [-0.25, -0.2) is 17.9 Å². The number of ether oxygens (including phenoxy) is 2. The van der Waals surface area contributed by atoms with Crippen LogP contribution >= 0.6 is 0 Å². The number of nitrogens with zero attached hydrogens (tertiary/aromatic N) is 1. The number of hydrogen-bond donors (Lipinski definition) is 2. The zero-order valence-electron chi connectivity index (χ0n) is 17.9. The molecule has 168 valence electrons. The molecule has 9 heteroatoms. The first-order valence-corrected chi connectivity index (χ1v) is 11.8. The number of benzene rings is 2. The zero-order chi connectivity index (χ0) is 22.3. The lowest BCUT2D eigenvalue weighted by Crippen LogP contribution is -2.38. The van der Waals surface area contributed by atoms with Crippen LogP contribution in [0.5, 0.6) is 11.5 Å². The van der Waals surface area contributed by atoms with Gasteiger partial charge in [0, 0.05) is 25.3 Å². The molecule has 1 heterocycles. The molecular formula is C22H29N3O5S. The van der Waals surface area contributed by atoms with Gasteiger partial charge in [0.1, 0.15) is 0 Å². The lowest BCUT2D eigenvalue weighted by molar-refractivity contribution is 0.200. The Bertz CT molecular complexity index is 987. The van der Waals surface area contributed by atoms with Crippen molar-refractivity contribution < 1.29 is 22.7 Å². The summed E-state index contributed by atoms with van der Waals surface area (Å²) in [6.45, 7) is 1.75.